The molecule has 1 aromatic carbocycles. The highest BCUT2D eigenvalue weighted by molar-refractivity contribution is 6.41. The van der Waals surface area contributed by atoms with Gasteiger partial charge in [0.05, 0.1) is 29.8 Å². The first-order valence-corrected chi connectivity index (χ1v) is 10.9. The molecular weight excluding hydrogens is 451 g/mol. The van der Waals surface area contributed by atoms with Crippen molar-refractivity contribution in [1.82, 2.24) is 19.4 Å². The Labute approximate surface area is 194 Å². The van der Waals surface area contributed by atoms with Crippen LogP contribution in [0.5, 0.6) is 11.5 Å². The van der Waals surface area contributed by atoms with Gasteiger partial charge < -0.3 is 20.9 Å². The Morgan fingerprint density at radius 2 is 1.81 bits per heavy atom. The lowest BCUT2D eigenvalue weighted by Crippen LogP contribution is -2.49. The lowest BCUT2D eigenvalue weighted by Gasteiger charge is -2.27. The fourth-order valence-electron chi connectivity index (χ4n) is 4.44. The lowest BCUT2D eigenvalue weighted by molar-refractivity contribution is 0.382. The van der Waals surface area contributed by atoms with E-state index in [9.17, 15) is 0 Å². The van der Waals surface area contributed by atoms with Gasteiger partial charge >= 0.3 is 0 Å². The number of methoxy groups -OCH3 is 2. The lowest BCUT2D eigenvalue weighted by atomic mass is 9.94. The minimum Gasteiger partial charge on any atom is -0.495 e. The van der Waals surface area contributed by atoms with E-state index in [1.807, 2.05) is 16.7 Å². The molecule has 1 aliphatic rings. The highest BCUT2D eigenvalue weighted by Gasteiger charge is 2.41. The summed E-state index contributed by atoms with van der Waals surface area (Å²) < 4.78 is 12.7. The van der Waals surface area contributed by atoms with Crippen molar-refractivity contribution in [2.75, 3.05) is 14.2 Å². The molecule has 3 aromatic heterocycles. The molecule has 0 spiro atoms. The predicted molar refractivity (Wildman–Crippen MR) is 125 cm³/mol. The Bertz CT molecular complexity index is 1330. The second kappa shape index (κ2) is 7.74. The van der Waals surface area contributed by atoms with Gasteiger partial charge in [-0.05, 0) is 25.3 Å². The smallest absolute Gasteiger partial charge is 0.152 e. The maximum Gasteiger partial charge on any atom is 0.152 e. The summed E-state index contributed by atoms with van der Waals surface area (Å²) in [5.74, 6) is 1.43. The Morgan fingerprint density at radius 1 is 1.09 bits per heavy atom. The monoisotopic (exact) mass is 472 g/mol. The molecule has 4 aromatic rings. The van der Waals surface area contributed by atoms with Gasteiger partial charge in [-0.2, -0.15) is 0 Å². The molecule has 0 bridgehead atoms. The number of benzene rings is 1. The third-order valence-corrected chi connectivity index (χ3v) is 6.98. The molecule has 2 unspecified atom stereocenters. The number of ether oxygens (including phenoxy) is 2. The quantitative estimate of drug-likeness (QED) is 0.462. The topological polar surface area (TPSA) is 114 Å². The number of pyridine rings is 1. The van der Waals surface area contributed by atoms with Gasteiger partial charge in [0.1, 0.15) is 22.8 Å². The van der Waals surface area contributed by atoms with Crippen LogP contribution in [0, 0.1) is 0 Å². The number of hydrogen-bond acceptors (Lipinski definition) is 7. The molecule has 2 atom stereocenters. The zero-order valence-electron chi connectivity index (χ0n) is 17.6. The van der Waals surface area contributed by atoms with E-state index >= 15 is 0 Å². The molecule has 0 radical (unpaired) electrons. The molecule has 1 fully saturated rings. The predicted octanol–water partition coefficient (Wildman–Crippen LogP) is 3.93. The maximum absolute atomic E-state index is 6.68. The number of imidazole rings is 1. The average Bonchev–Trinajstić information content (AvgIpc) is 3.41. The molecule has 4 N–H and O–H groups in total. The van der Waals surface area contributed by atoms with Crippen LogP contribution in [0.25, 0.3) is 27.8 Å². The zero-order valence-corrected chi connectivity index (χ0v) is 19.1. The van der Waals surface area contributed by atoms with Gasteiger partial charge in [0.25, 0.3) is 0 Å². The molecule has 32 heavy (non-hydrogen) atoms. The SMILES string of the molecule is COc1cc(OC)c(Cl)c(-c2cc3cnc(C4(N)CCCC4N)nc3n3ccnc23)c1Cl. The molecule has 0 aliphatic heterocycles. The Hall–Kier alpha value is -2.65. The van der Waals surface area contributed by atoms with Gasteiger partial charge in [-0.15, -0.1) is 0 Å². The molecule has 1 saturated carbocycles. The van der Waals surface area contributed by atoms with Crippen molar-refractivity contribution < 1.29 is 9.47 Å². The van der Waals surface area contributed by atoms with Crippen LogP contribution in [0.3, 0.4) is 0 Å². The van der Waals surface area contributed by atoms with E-state index in [-0.39, 0.29) is 6.04 Å². The number of halogens is 2. The number of nitrogens with two attached hydrogens (primary N) is 2. The van der Waals surface area contributed by atoms with Crippen molar-refractivity contribution >= 4 is 39.9 Å². The zero-order chi connectivity index (χ0) is 22.6. The second-order valence-corrected chi connectivity index (χ2v) is 8.73. The van der Waals surface area contributed by atoms with Crippen LogP contribution in [0.1, 0.15) is 25.1 Å². The van der Waals surface area contributed by atoms with Gasteiger partial charge in [-0.25, -0.2) is 15.0 Å². The highest BCUT2D eigenvalue weighted by atomic mass is 35.5. The molecule has 8 nitrogen and oxygen atoms in total. The summed E-state index contributed by atoms with van der Waals surface area (Å²) in [4.78, 5) is 13.9. The second-order valence-electron chi connectivity index (χ2n) is 7.97. The van der Waals surface area contributed by atoms with Crippen molar-refractivity contribution in [2.45, 2.75) is 30.8 Å². The van der Waals surface area contributed by atoms with Crippen molar-refractivity contribution in [1.29, 1.82) is 0 Å². The summed E-state index contributed by atoms with van der Waals surface area (Å²) in [6, 6.07) is 3.38. The van der Waals surface area contributed by atoms with Crippen LogP contribution in [0.15, 0.2) is 30.7 Å². The summed E-state index contributed by atoms with van der Waals surface area (Å²) in [5, 5.41) is 1.49. The minimum absolute atomic E-state index is 0.181. The molecule has 0 amide bonds. The van der Waals surface area contributed by atoms with Crippen LogP contribution in [-0.2, 0) is 5.54 Å². The van der Waals surface area contributed by atoms with Crippen LogP contribution < -0.4 is 20.9 Å². The number of rotatable bonds is 4. The van der Waals surface area contributed by atoms with Gasteiger partial charge in [-0.1, -0.05) is 23.2 Å². The van der Waals surface area contributed by atoms with Crippen molar-refractivity contribution in [3.05, 3.63) is 46.6 Å². The maximum atomic E-state index is 6.68. The fourth-order valence-corrected chi connectivity index (χ4v) is 5.14. The number of aromatic nitrogens is 4. The van der Waals surface area contributed by atoms with Crippen molar-refractivity contribution in [2.24, 2.45) is 11.5 Å². The van der Waals surface area contributed by atoms with Crippen LogP contribution in [0.2, 0.25) is 10.0 Å². The van der Waals surface area contributed by atoms with E-state index in [1.54, 1.807) is 18.5 Å². The summed E-state index contributed by atoms with van der Waals surface area (Å²) in [7, 11) is 3.07. The van der Waals surface area contributed by atoms with E-state index in [4.69, 9.17) is 49.1 Å². The van der Waals surface area contributed by atoms with E-state index in [0.717, 1.165) is 24.6 Å². The molecule has 0 saturated heterocycles. The van der Waals surface area contributed by atoms with Gasteiger partial charge in [0.15, 0.2) is 5.82 Å². The fraction of sp³-hybridized carbons (Fsp3) is 0.318. The molecule has 3 heterocycles. The third kappa shape index (κ3) is 3.02. The first kappa shape index (κ1) is 21.2. The summed E-state index contributed by atoms with van der Waals surface area (Å²) in [5.41, 5.74) is 14.7. The molecule has 1 aliphatic carbocycles. The Morgan fingerprint density at radius 3 is 2.44 bits per heavy atom. The Kier molecular flexibility index (Phi) is 5.13. The first-order chi connectivity index (χ1) is 15.4. The van der Waals surface area contributed by atoms with E-state index in [2.05, 4.69) is 9.97 Å². The normalized spacial score (nSPS) is 20.9. The number of fused-ring (bicyclic) bond motifs is 3. The third-order valence-electron chi connectivity index (χ3n) is 6.23. The number of nitrogens with zero attached hydrogens (tertiary/aromatic N) is 4. The van der Waals surface area contributed by atoms with Crippen LogP contribution in [-0.4, -0.2) is 39.6 Å². The molecule has 5 rings (SSSR count). The average molecular weight is 473 g/mol. The van der Waals surface area contributed by atoms with Gasteiger partial charge in [-0.3, -0.25) is 4.40 Å². The molecule has 166 valence electrons. The van der Waals surface area contributed by atoms with Crippen molar-refractivity contribution in [3.63, 3.8) is 0 Å². The molecular formula is C22H22Cl2N6O2. The van der Waals surface area contributed by atoms with Crippen molar-refractivity contribution in [3.8, 4) is 22.6 Å². The Balaban J connectivity index is 1.79. The summed E-state index contributed by atoms with van der Waals surface area (Å²) in [6.07, 6.45) is 7.83. The largest absolute Gasteiger partial charge is 0.495 e. The summed E-state index contributed by atoms with van der Waals surface area (Å²) >= 11 is 13.4. The van der Waals surface area contributed by atoms with E-state index in [1.165, 1.54) is 14.2 Å². The standard InChI is InChI=1S/C22H22Cl2N6O2/c1-31-13-9-14(32-2)18(24)16(17(13)23)12-8-11-10-28-21(22(26)5-3-4-15(22)25)29-19(11)30-7-6-27-20(12)30/h6-10,15H,3-5,25-26H2,1-2H3. The first-order valence-electron chi connectivity index (χ1n) is 10.2. The number of hydrogen-bond donors (Lipinski definition) is 2. The van der Waals surface area contributed by atoms with Crippen LogP contribution >= 0.6 is 23.2 Å². The van der Waals surface area contributed by atoms with E-state index in [0.29, 0.717) is 49.8 Å². The highest BCUT2D eigenvalue weighted by Crippen LogP contribution is 2.47. The molecule has 10 heteroatoms. The van der Waals surface area contributed by atoms with Gasteiger partial charge in [0.2, 0.25) is 0 Å². The minimum atomic E-state index is -0.744. The van der Waals surface area contributed by atoms with Crippen LogP contribution in [0.4, 0.5) is 0 Å². The van der Waals surface area contributed by atoms with Gasteiger partial charge in [0, 0.05) is 47.2 Å². The summed E-state index contributed by atoms with van der Waals surface area (Å²) in [6.45, 7) is 0. The van der Waals surface area contributed by atoms with E-state index < -0.39 is 5.54 Å².